The molecule has 0 saturated heterocycles. The second-order valence-electron chi connectivity index (χ2n) is 7.04. The number of para-hydroxylation sites is 2. The Labute approximate surface area is 181 Å². The first kappa shape index (κ1) is 20.7. The fraction of sp³-hybridized carbons (Fsp3) is 0.238. The van der Waals surface area contributed by atoms with Gasteiger partial charge in [-0.1, -0.05) is 30.0 Å². The van der Waals surface area contributed by atoms with E-state index in [1.807, 2.05) is 12.1 Å². The van der Waals surface area contributed by atoms with Crippen molar-refractivity contribution in [3.8, 4) is 0 Å². The summed E-state index contributed by atoms with van der Waals surface area (Å²) in [5.41, 5.74) is 2.48. The number of fused-ring (bicyclic) bond motifs is 1. The molecule has 0 radical (unpaired) electrons. The summed E-state index contributed by atoms with van der Waals surface area (Å²) in [7, 11) is 0. The third kappa shape index (κ3) is 4.64. The molecule has 158 valence electrons. The predicted octanol–water partition coefficient (Wildman–Crippen LogP) is 2.81. The number of amides is 1. The lowest BCUT2D eigenvalue weighted by atomic mass is 10.2. The van der Waals surface area contributed by atoms with E-state index in [2.05, 4.69) is 15.3 Å². The summed E-state index contributed by atoms with van der Waals surface area (Å²) < 4.78 is 1.68. The topological polar surface area (TPSA) is 120 Å². The first-order valence-electron chi connectivity index (χ1n) is 9.70. The quantitative estimate of drug-likeness (QED) is 0.261. The Bertz CT molecular complexity index is 1200. The van der Waals surface area contributed by atoms with Gasteiger partial charge in [0.15, 0.2) is 0 Å². The summed E-state index contributed by atoms with van der Waals surface area (Å²) in [6.45, 7) is 0.408. The maximum Gasteiger partial charge on any atom is 0.349 e. The van der Waals surface area contributed by atoms with Crippen LogP contribution in [0.1, 0.15) is 23.2 Å². The highest BCUT2D eigenvalue weighted by molar-refractivity contribution is 8.00. The van der Waals surface area contributed by atoms with Crippen molar-refractivity contribution in [3.63, 3.8) is 0 Å². The predicted molar refractivity (Wildman–Crippen MR) is 116 cm³/mol. The molecule has 1 N–H and O–H groups in total. The van der Waals surface area contributed by atoms with Crippen molar-refractivity contribution in [3.05, 3.63) is 86.2 Å². The highest BCUT2D eigenvalue weighted by Gasteiger charge is 2.23. The van der Waals surface area contributed by atoms with E-state index in [-0.39, 0.29) is 22.8 Å². The fourth-order valence-electron chi connectivity index (χ4n) is 3.60. The lowest BCUT2D eigenvalue weighted by Crippen LogP contribution is -2.28. The number of hydrogen-bond acceptors (Lipinski definition) is 7. The summed E-state index contributed by atoms with van der Waals surface area (Å²) >= 11 is 1.18. The van der Waals surface area contributed by atoms with Crippen molar-refractivity contribution in [1.82, 2.24) is 14.5 Å². The Kier molecular flexibility index (Phi) is 6.08. The average Bonchev–Trinajstić information content (AvgIpc) is 3.25. The fourth-order valence-corrected chi connectivity index (χ4v) is 4.48. The Hall–Kier alpha value is -3.53. The number of benzene rings is 1. The van der Waals surface area contributed by atoms with Crippen molar-refractivity contribution in [1.29, 1.82) is 0 Å². The SMILES string of the molecule is O=C(CSc1nc(=O)n(Cc2cccnc2)c2c1CCC2)Nc1ccccc1[N+](=O)[O-]. The summed E-state index contributed by atoms with van der Waals surface area (Å²) in [6, 6.07) is 9.71. The highest BCUT2D eigenvalue weighted by atomic mass is 32.2. The number of nitrogens with one attached hydrogen (secondary N) is 1. The van der Waals surface area contributed by atoms with Crippen LogP contribution in [0.25, 0.3) is 0 Å². The Balaban J connectivity index is 1.50. The average molecular weight is 437 g/mol. The molecule has 4 rings (SSSR count). The van der Waals surface area contributed by atoms with Gasteiger partial charge in [0, 0.05) is 29.7 Å². The van der Waals surface area contributed by atoms with Crippen LogP contribution in [0.3, 0.4) is 0 Å². The first-order chi connectivity index (χ1) is 15.0. The van der Waals surface area contributed by atoms with Crippen LogP contribution in [0, 0.1) is 10.1 Å². The molecule has 0 aliphatic heterocycles. The van der Waals surface area contributed by atoms with Crippen LogP contribution in [0.15, 0.2) is 58.6 Å². The number of carbonyl (C=O) groups is 1. The Morgan fingerprint density at radius 3 is 2.84 bits per heavy atom. The Morgan fingerprint density at radius 2 is 2.06 bits per heavy atom. The van der Waals surface area contributed by atoms with Crippen LogP contribution in [-0.4, -0.2) is 31.1 Å². The number of thioether (sulfide) groups is 1. The number of carbonyl (C=O) groups excluding carboxylic acids is 1. The number of nitro benzene ring substituents is 1. The first-order valence-corrected chi connectivity index (χ1v) is 10.7. The summed E-state index contributed by atoms with van der Waals surface area (Å²) in [5, 5.41) is 14.2. The smallest absolute Gasteiger partial charge is 0.320 e. The molecule has 1 aromatic carbocycles. The number of hydrogen-bond donors (Lipinski definition) is 1. The summed E-state index contributed by atoms with van der Waals surface area (Å²) in [6.07, 6.45) is 5.91. The standard InChI is InChI=1S/C21H19N5O4S/c27-19(23-16-7-1-2-8-18(16)26(29)30)13-31-20-15-6-3-9-17(15)25(21(28)24-20)12-14-5-4-10-22-11-14/h1-2,4-5,7-8,10-11H,3,6,9,12-13H2,(H,23,27). The molecule has 31 heavy (non-hydrogen) atoms. The van der Waals surface area contributed by atoms with E-state index in [4.69, 9.17) is 0 Å². The number of nitrogens with zero attached hydrogens (tertiary/aromatic N) is 4. The van der Waals surface area contributed by atoms with Gasteiger partial charge in [-0.15, -0.1) is 0 Å². The molecule has 3 aromatic rings. The van der Waals surface area contributed by atoms with Gasteiger partial charge in [-0.05, 0) is 37.0 Å². The molecule has 2 aromatic heterocycles. The Morgan fingerprint density at radius 1 is 1.23 bits per heavy atom. The van der Waals surface area contributed by atoms with Crippen molar-refractivity contribution in [2.45, 2.75) is 30.8 Å². The van der Waals surface area contributed by atoms with Crippen LogP contribution < -0.4 is 11.0 Å². The van der Waals surface area contributed by atoms with Crippen molar-refractivity contribution in [2.75, 3.05) is 11.1 Å². The van der Waals surface area contributed by atoms with Gasteiger partial charge >= 0.3 is 5.69 Å². The van der Waals surface area contributed by atoms with E-state index >= 15 is 0 Å². The zero-order valence-electron chi connectivity index (χ0n) is 16.5. The van der Waals surface area contributed by atoms with Crippen LogP contribution in [-0.2, 0) is 24.2 Å². The molecular formula is C21H19N5O4S. The minimum absolute atomic E-state index is 0.00243. The van der Waals surface area contributed by atoms with Gasteiger partial charge in [-0.25, -0.2) is 4.79 Å². The number of aromatic nitrogens is 3. The van der Waals surface area contributed by atoms with Gasteiger partial charge in [0.25, 0.3) is 5.69 Å². The monoisotopic (exact) mass is 437 g/mol. The zero-order valence-corrected chi connectivity index (χ0v) is 17.3. The molecule has 0 saturated carbocycles. The molecule has 0 bridgehead atoms. The van der Waals surface area contributed by atoms with E-state index < -0.39 is 10.8 Å². The number of rotatable bonds is 7. The largest absolute Gasteiger partial charge is 0.349 e. The van der Waals surface area contributed by atoms with E-state index in [9.17, 15) is 19.7 Å². The number of nitro groups is 1. The van der Waals surface area contributed by atoms with Gasteiger partial charge < -0.3 is 5.32 Å². The third-order valence-corrected chi connectivity index (χ3v) is 6.00. The van der Waals surface area contributed by atoms with Gasteiger partial charge in [0.05, 0.1) is 17.2 Å². The van der Waals surface area contributed by atoms with E-state index in [1.165, 1.54) is 30.0 Å². The minimum Gasteiger partial charge on any atom is -0.320 e. The normalized spacial score (nSPS) is 12.4. The maximum atomic E-state index is 12.7. The van der Waals surface area contributed by atoms with Crippen LogP contribution in [0.4, 0.5) is 11.4 Å². The van der Waals surface area contributed by atoms with Gasteiger partial charge in [0.2, 0.25) is 5.91 Å². The van der Waals surface area contributed by atoms with Gasteiger partial charge in [0.1, 0.15) is 10.7 Å². The maximum absolute atomic E-state index is 12.7. The molecule has 9 nitrogen and oxygen atoms in total. The van der Waals surface area contributed by atoms with Crippen molar-refractivity contribution >= 4 is 29.0 Å². The second-order valence-corrected chi connectivity index (χ2v) is 8.00. The summed E-state index contributed by atoms with van der Waals surface area (Å²) in [4.78, 5) is 44.0. The lowest BCUT2D eigenvalue weighted by Gasteiger charge is -2.14. The number of anilines is 1. The molecule has 0 unspecified atom stereocenters. The van der Waals surface area contributed by atoms with Gasteiger partial charge in [-0.3, -0.25) is 24.5 Å². The third-order valence-electron chi connectivity index (χ3n) is 4.98. The molecule has 0 fully saturated rings. The van der Waals surface area contributed by atoms with Gasteiger partial charge in [-0.2, -0.15) is 4.98 Å². The van der Waals surface area contributed by atoms with Crippen LogP contribution in [0.5, 0.6) is 0 Å². The molecule has 0 atom stereocenters. The molecule has 0 spiro atoms. The second kappa shape index (κ2) is 9.09. The van der Waals surface area contributed by atoms with Crippen LogP contribution >= 0.6 is 11.8 Å². The lowest BCUT2D eigenvalue weighted by molar-refractivity contribution is -0.383. The highest BCUT2D eigenvalue weighted by Crippen LogP contribution is 2.30. The number of pyridine rings is 1. The molecule has 2 heterocycles. The molecule has 1 amide bonds. The minimum atomic E-state index is -0.543. The molecule has 1 aliphatic carbocycles. The van der Waals surface area contributed by atoms with Crippen LogP contribution in [0.2, 0.25) is 0 Å². The molecule has 10 heteroatoms. The zero-order chi connectivity index (χ0) is 21.8. The van der Waals surface area contributed by atoms with Crippen molar-refractivity contribution in [2.24, 2.45) is 0 Å². The van der Waals surface area contributed by atoms with E-state index in [0.29, 0.717) is 11.6 Å². The van der Waals surface area contributed by atoms with E-state index in [0.717, 1.165) is 36.1 Å². The molecular weight excluding hydrogens is 418 g/mol. The van der Waals surface area contributed by atoms with E-state index in [1.54, 1.807) is 23.0 Å². The molecule has 1 aliphatic rings. The summed E-state index contributed by atoms with van der Waals surface area (Å²) in [5.74, 6) is -0.398. The van der Waals surface area contributed by atoms with Crippen molar-refractivity contribution < 1.29 is 9.72 Å².